The van der Waals surface area contributed by atoms with Gasteiger partial charge in [0.05, 0.1) is 5.56 Å². The summed E-state index contributed by atoms with van der Waals surface area (Å²) in [6.07, 6.45) is 0.426. The molecule has 1 aromatic heterocycles. The number of anilines is 1. The minimum Gasteiger partial charge on any atom is -0.323 e. The Balaban J connectivity index is 2.71. The van der Waals surface area contributed by atoms with Crippen molar-refractivity contribution in [2.24, 2.45) is 5.92 Å². The van der Waals surface area contributed by atoms with Crippen LogP contribution in [0.2, 0.25) is 0 Å². The number of carbonyl (C=O) groups excluding carboxylic acids is 1. The molecule has 0 aliphatic heterocycles. The van der Waals surface area contributed by atoms with Crippen LogP contribution in [0, 0.1) is 31.1 Å². The molecule has 0 bridgehead atoms. The van der Waals surface area contributed by atoms with E-state index in [1.807, 2.05) is 27.7 Å². The number of amides is 1. The van der Waals surface area contributed by atoms with Crippen LogP contribution in [-0.2, 0) is 4.79 Å². The zero-order chi connectivity index (χ0) is 14.6. The smallest absolute Gasteiger partial charge is 0.226 e. The minimum atomic E-state index is -0.115. The van der Waals surface area contributed by atoms with Crippen molar-refractivity contribution in [1.29, 1.82) is 5.26 Å². The van der Waals surface area contributed by atoms with Gasteiger partial charge in [-0.05, 0) is 37.5 Å². The second-order valence-corrected chi connectivity index (χ2v) is 6.33. The summed E-state index contributed by atoms with van der Waals surface area (Å²) >= 11 is 6.54. The van der Waals surface area contributed by atoms with E-state index in [-0.39, 0.29) is 16.9 Å². The van der Waals surface area contributed by atoms with Gasteiger partial charge in [0.15, 0.2) is 5.11 Å². The fraction of sp³-hybridized carbons (Fsp3) is 0.462. The number of nitriles is 1. The highest BCUT2D eigenvalue weighted by Crippen LogP contribution is 2.31. The van der Waals surface area contributed by atoms with Crippen LogP contribution in [0.4, 0.5) is 5.00 Å². The maximum absolute atomic E-state index is 11.6. The lowest BCUT2D eigenvalue weighted by atomic mass is 10.1. The van der Waals surface area contributed by atoms with Crippen molar-refractivity contribution >= 4 is 39.6 Å². The van der Waals surface area contributed by atoms with Crippen molar-refractivity contribution in [3.8, 4) is 6.07 Å². The summed E-state index contributed by atoms with van der Waals surface area (Å²) in [6, 6.07) is 2.15. The number of nitrogens with one attached hydrogen (secondary N) is 2. The van der Waals surface area contributed by atoms with Gasteiger partial charge in [0.1, 0.15) is 11.1 Å². The van der Waals surface area contributed by atoms with Crippen molar-refractivity contribution in [1.82, 2.24) is 5.32 Å². The summed E-state index contributed by atoms with van der Waals surface area (Å²) in [7, 11) is 0. The first-order valence-corrected chi connectivity index (χ1v) is 7.18. The fourth-order valence-corrected chi connectivity index (χ4v) is 2.83. The van der Waals surface area contributed by atoms with Gasteiger partial charge in [-0.1, -0.05) is 13.8 Å². The van der Waals surface area contributed by atoms with Crippen molar-refractivity contribution in [3.05, 3.63) is 16.0 Å². The van der Waals surface area contributed by atoms with E-state index in [2.05, 4.69) is 16.7 Å². The molecule has 0 atom stereocenters. The molecular formula is C13H17N3OS2. The lowest BCUT2D eigenvalue weighted by molar-refractivity contribution is -0.120. The quantitative estimate of drug-likeness (QED) is 0.841. The predicted molar refractivity (Wildman–Crippen MR) is 82.3 cm³/mol. The van der Waals surface area contributed by atoms with Crippen molar-refractivity contribution < 1.29 is 4.79 Å². The number of hydrogen-bond donors (Lipinski definition) is 2. The third-order valence-electron chi connectivity index (χ3n) is 2.57. The van der Waals surface area contributed by atoms with Crippen LogP contribution in [0.5, 0.6) is 0 Å². The second-order valence-electron chi connectivity index (χ2n) is 4.70. The maximum atomic E-state index is 11.6. The third kappa shape index (κ3) is 4.30. The molecule has 1 heterocycles. The zero-order valence-electron chi connectivity index (χ0n) is 11.5. The molecule has 4 nitrogen and oxygen atoms in total. The van der Waals surface area contributed by atoms with Gasteiger partial charge in [-0.2, -0.15) is 5.26 Å². The molecule has 0 spiro atoms. The van der Waals surface area contributed by atoms with E-state index in [1.165, 1.54) is 11.3 Å². The molecular weight excluding hydrogens is 278 g/mol. The molecule has 0 aromatic carbocycles. The Bertz CT molecular complexity index is 541. The van der Waals surface area contributed by atoms with Crippen LogP contribution in [0.15, 0.2) is 0 Å². The van der Waals surface area contributed by atoms with Gasteiger partial charge in [-0.25, -0.2) is 0 Å². The zero-order valence-corrected chi connectivity index (χ0v) is 13.1. The van der Waals surface area contributed by atoms with Gasteiger partial charge in [-0.3, -0.25) is 4.79 Å². The summed E-state index contributed by atoms with van der Waals surface area (Å²) in [6.45, 7) is 7.79. The molecule has 0 aliphatic rings. The molecule has 102 valence electrons. The number of thiophene rings is 1. The molecule has 1 rings (SSSR count). The highest BCUT2D eigenvalue weighted by molar-refractivity contribution is 7.80. The molecule has 1 amide bonds. The van der Waals surface area contributed by atoms with E-state index >= 15 is 0 Å². The lowest BCUT2D eigenvalue weighted by Gasteiger charge is -2.09. The molecule has 0 aliphatic carbocycles. The summed E-state index contributed by atoms with van der Waals surface area (Å²) in [5, 5.41) is 15.6. The average Bonchev–Trinajstić information content (AvgIpc) is 2.52. The van der Waals surface area contributed by atoms with E-state index in [0.717, 1.165) is 10.4 Å². The van der Waals surface area contributed by atoms with E-state index in [1.54, 1.807) is 0 Å². The normalized spacial score (nSPS) is 10.1. The number of thiocarbonyl (C=S) groups is 1. The molecule has 0 fully saturated rings. The summed E-state index contributed by atoms with van der Waals surface area (Å²) in [4.78, 5) is 12.6. The number of carbonyl (C=O) groups is 1. The van der Waals surface area contributed by atoms with Gasteiger partial charge in [-0.15, -0.1) is 11.3 Å². The first-order chi connectivity index (χ1) is 8.85. The van der Waals surface area contributed by atoms with Gasteiger partial charge < -0.3 is 10.6 Å². The van der Waals surface area contributed by atoms with Gasteiger partial charge >= 0.3 is 0 Å². The highest BCUT2D eigenvalue weighted by Gasteiger charge is 2.14. The summed E-state index contributed by atoms with van der Waals surface area (Å²) < 4.78 is 0. The van der Waals surface area contributed by atoms with Crippen molar-refractivity contribution in [3.63, 3.8) is 0 Å². The van der Waals surface area contributed by atoms with Crippen LogP contribution in [0.1, 0.15) is 36.3 Å². The van der Waals surface area contributed by atoms with Gasteiger partial charge in [0.2, 0.25) is 5.91 Å². The Morgan fingerprint density at radius 3 is 2.63 bits per heavy atom. The highest BCUT2D eigenvalue weighted by atomic mass is 32.1. The molecule has 6 heteroatoms. The van der Waals surface area contributed by atoms with Crippen LogP contribution in [0.25, 0.3) is 0 Å². The van der Waals surface area contributed by atoms with Crippen molar-refractivity contribution in [2.75, 3.05) is 5.32 Å². The molecule has 19 heavy (non-hydrogen) atoms. The summed E-state index contributed by atoms with van der Waals surface area (Å²) in [5.74, 6) is 0.166. The lowest BCUT2D eigenvalue weighted by Crippen LogP contribution is -2.34. The molecule has 0 unspecified atom stereocenters. The molecule has 0 saturated heterocycles. The van der Waals surface area contributed by atoms with Crippen LogP contribution in [-0.4, -0.2) is 11.0 Å². The first kappa shape index (κ1) is 15.6. The minimum absolute atomic E-state index is 0.115. The van der Waals surface area contributed by atoms with Crippen LogP contribution >= 0.6 is 23.6 Å². The van der Waals surface area contributed by atoms with E-state index in [9.17, 15) is 4.79 Å². The number of nitrogens with zero attached hydrogens (tertiary/aromatic N) is 1. The molecule has 0 radical (unpaired) electrons. The molecule has 0 saturated carbocycles. The molecule has 1 aromatic rings. The maximum Gasteiger partial charge on any atom is 0.226 e. The SMILES string of the molecule is Cc1sc(NC(=S)NC(=O)CC(C)C)c(C#N)c1C. The Hall–Kier alpha value is -1.45. The van der Waals surface area contributed by atoms with Crippen LogP contribution < -0.4 is 10.6 Å². The second kappa shape index (κ2) is 6.64. The third-order valence-corrected chi connectivity index (χ3v) is 3.90. The fourth-order valence-electron chi connectivity index (χ4n) is 1.53. The number of hydrogen-bond acceptors (Lipinski definition) is 4. The number of aryl methyl sites for hydroxylation is 1. The Kier molecular flexibility index (Phi) is 5.45. The number of rotatable bonds is 3. The standard InChI is InChI=1S/C13H17N3OS2/c1-7(2)5-11(17)15-13(18)16-12-10(6-14)8(3)9(4)19-12/h7H,5H2,1-4H3,(H2,15,16,17,18). The monoisotopic (exact) mass is 295 g/mol. The Morgan fingerprint density at radius 2 is 2.11 bits per heavy atom. The average molecular weight is 295 g/mol. The first-order valence-electron chi connectivity index (χ1n) is 5.96. The van der Waals surface area contributed by atoms with E-state index in [0.29, 0.717) is 17.0 Å². The van der Waals surface area contributed by atoms with Crippen LogP contribution in [0.3, 0.4) is 0 Å². The van der Waals surface area contributed by atoms with Crippen molar-refractivity contribution in [2.45, 2.75) is 34.1 Å². The summed E-state index contributed by atoms with van der Waals surface area (Å²) in [5.41, 5.74) is 1.54. The Morgan fingerprint density at radius 1 is 1.47 bits per heavy atom. The van der Waals surface area contributed by atoms with E-state index in [4.69, 9.17) is 17.5 Å². The van der Waals surface area contributed by atoms with E-state index < -0.39 is 0 Å². The predicted octanol–water partition coefficient (Wildman–Crippen LogP) is 3.10. The van der Waals surface area contributed by atoms with Gasteiger partial charge in [0, 0.05) is 11.3 Å². The van der Waals surface area contributed by atoms with Gasteiger partial charge in [0.25, 0.3) is 0 Å². The topological polar surface area (TPSA) is 64.9 Å². The Labute approximate surface area is 122 Å². The molecule has 2 N–H and O–H groups in total. The largest absolute Gasteiger partial charge is 0.323 e.